The van der Waals surface area contributed by atoms with Crippen LogP contribution in [0, 0.1) is 0 Å². The summed E-state index contributed by atoms with van der Waals surface area (Å²) in [5.74, 6) is 0. The molecule has 6 heteroatoms. The zero-order valence-corrected chi connectivity index (χ0v) is 14.3. The molecule has 1 aromatic carbocycles. The maximum atomic E-state index is 12.0. The fraction of sp³-hybridized carbons (Fsp3) is 0.500. The van der Waals surface area contributed by atoms with Gasteiger partial charge in [0.25, 0.3) is 5.17 Å². The van der Waals surface area contributed by atoms with Gasteiger partial charge in [0, 0.05) is 13.5 Å². The van der Waals surface area contributed by atoms with E-state index < -0.39 is 11.7 Å². The van der Waals surface area contributed by atoms with E-state index in [1.54, 1.807) is 7.05 Å². The molecule has 0 heterocycles. The first-order valence-corrected chi connectivity index (χ1v) is 7.61. The van der Waals surface area contributed by atoms with Crippen molar-refractivity contribution in [3.05, 3.63) is 35.9 Å². The molecule has 2 N–H and O–H groups in total. The molecule has 22 heavy (non-hydrogen) atoms. The van der Waals surface area contributed by atoms with Gasteiger partial charge in [-0.15, -0.1) is 0 Å². The van der Waals surface area contributed by atoms with Gasteiger partial charge < -0.3 is 20.1 Å². The van der Waals surface area contributed by atoms with Gasteiger partial charge in [-0.05, 0) is 38.6 Å². The Bertz CT molecular complexity index is 486. The summed E-state index contributed by atoms with van der Waals surface area (Å²) in [5.41, 5.74) is 0.461. The van der Waals surface area contributed by atoms with Crippen molar-refractivity contribution in [1.29, 1.82) is 0 Å². The van der Waals surface area contributed by atoms with E-state index in [0.29, 0.717) is 18.2 Å². The molecule has 0 spiro atoms. The molecule has 122 valence electrons. The number of rotatable bonds is 5. The normalized spacial score (nSPS) is 12.2. The predicted molar refractivity (Wildman–Crippen MR) is 90.8 cm³/mol. The van der Waals surface area contributed by atoms with Crippen molar-refractivity contribution in [3.63, 3.8) is 0 Å². The van der Waals surface area contributed by atoms with Gasteiger partial charge in [-0.1, -0.05) is 30.3 Å². The molecule has 0 saturated heterocycles. The summed E-state index contributed by atoms with van der Waals surface area (Å²) in [6.45, 7) is 5.89. The van der Waals surface area contributed by atoms with E-state index in [0.717, 1.165) is 5.56 Å². The fourth-order valence-electron chi connectivity index (χ4n) is 1.80. The Morgan fingerprint density at radius 1 is 1.27 bits per heavy atom. The average molecular weight is 324 g/mol. The van der Waals surface area contributed by atoms with E-state index in [-0.39, 0.29) is 6.04 Å². The van der Waals surface area contributed by atoms with Gasteiger partial charge in [0.1, 0.15) is 5.60 Å². The number of hydrogen-bond donors (Lipinski definition) is 2. The highest BCUT2D eigenvalue weighted by atomic mass is 32.1. The largest absolute Gasteiger partial charge is 0.471 e. The van der Waals surface area contributed by atoms with E-state index in [9.17, 15) is 4.79 Å². The van der Waals surface area contributed by atoms with Crippen molar-refractivity contribution in [1.82, 2.24) is 10.6 Å². The standard InChI is InChI=1S/C16H24N2O3S/c1-16(2,3)21-14(19)18-13(10-11-20-15(22)17-4)12-8-6-5-7-9-12/h5-9,13H,10-11H2,1-4H3,(H,17,22)(H,18,19). The highest BCUT2D eigenvalue weighted by molar-refractivity contribution is 7.80. The minimum atomic E-state index is -0.532. The molecule has 1 atom stereocenters. The molecule has 0 aliphatic heterocycles. The summed E-state index contributed by atoms with van der Waals surface area (Å²) in [6, 6.07) is 9.50. The van der Waals surface area contributed by atoms with Crippen molar-refractivity contribution in [2.45, 2.75) is 38.8 Å². The number of hydrogen-bond acceptors (Lipinski definition) is 4. The Morgan fingerprint density at radius 3 is 2.45 bits per heavy atom. The Balaban J connectivity index is 2.66. The highest BCUT2D eigenvalue weighted by Crippen LogP contribution is 2.18. The van der Waals surface area contributed by atoms with Crippen molar-refractivity contribution in [3.8, 4) is 0 Å². The number of carbonyl (C=O) groups excluding carboxylic acids is 1. The molecule has 1 rings (SSSR count). The molecule has 0 aliphatic carbocycles. The minimum absolute atomic E-state index is 0.198. The lowest BCUT2D eigenvalue weighted by molar-refractivity contribution is 0.0497. The van der Waals surface area contributed by atoms with Crippen LogP contribution in [0.2, 0.25) is 0 Å². The summed E-state index contributed by atoms with van der Waals surface area (Å²) < 4.78 is 10.7. The molecule has 0 aliphatic rings. The molecule has 0 radical (unpaired) electrons. The van der Waals surface area contributed by atoms with Gasteiger partial charge in [0.15, 0.2) is 0 Å². The SMILES string of the molecule is CNC(=S)OCCC(NC(=O)OC(C)(C)C)c1ccccc1. The van der Waals surface area contributed by atoms with Crippen LogP contribution >= 0.6 is 12.2 Å². The first-order valence-electron chi connectivity index (χ1n) is 7.21. The number of thiocarbonyl (C=S) groups is 1. The number of alkyl carbamates (subject to hydrolysis) is 1. The molecular formula is C16H24N2O3S. The highest BCUT2D eigenvalue weighted by Gasteiger charge is 2.20. The van der Waals surface area contributed by atoms with E-state index in [2.05, 4.69) is 10.6 Å². The third-order valence-electron chi connectivity index (χ3n) is 2.74. The molecule has 1 aromatic rings. The second-order valence-electron chi connectivity index (χ2n) is 5.78. The second-order valence-corrected chi connectivity index (χ2v) is 6.15. The maximum Gasteiger partial charge on any atom is 0.408 e. The number of ether oxygens (including phenoxy) is 2. The van der Waals surface area contributed by atoms with Crippen molar-refractivity contribution in [2.75, 3.05) is 13.7 Å². The molecular weight excluding hydrogens is 300 g/mol. The second kappa shape index (κ2) is 8.58. The molecule has 5 nitrogen and oxygen atoms in total. The maximum absolute atomic E-state index is 12.0. The van der Waals surface area contributed by atoms with Crippen LogP contribution < -0.4 is 10.6 Å². The number of nitrogens with one attached hydrogen (secondary N) is 2. The summed E-state index contributed by atoms with van der Waals surface area (Å²) in [4.78, 5) is 12.0. The van der Waals surface area contributed by atoms with Gasteiger partial charge >= 0.3 is 6.09 Å². The molecule has 0 saturated carbocycles. The molecule has 1 amide bonds. The van der Waals surface area contributed by atoms with Crippen LogP contribution in [-0.4, -0.2) is 30.5 Å². The number of benzene rings is 1. The Labute approximate surface area is 137 Å². The predicted octanol–water partition coefficient (Wildman–Crippen LogP) is 3.16. The summed E-state index contributed by atoms with van der Waals surface area (Å²) >= 11 is 4.94. The van der Waals surface area contributed by atoms with Crippen LogP contribution in [0.4, 0.5) is 4.79 Å². The number of amides is 1. The zero-order chi connectivity index (χ0) is 16.6. The Kier molecular flexibility index (Phi) is 7.11. The van der Waals surface area contributed by atoms with E-state index >= 15 is 0 Å². The Hall–Kier alpha value is -1.82. The molecule has 0 aromatic heterocycles. The molecule has 0 bridgehead atoms. The van der Waals surface area contributed by atoms with E-state index in [4.69, 9.17) is 21.7 Å². The summed E-state index contributed by atoms with van der Waals surface area (Å²) in [6.07, 6.45) is 0.142. The van der Waals surface area contributed by atoms with E-state index in [1.807, 2.05) is 51.1 Å². The van der Waals surface area contributed by atoms with Crippen LogP contribution in [0.5, 0.6) is 0 Å². The van der Waals surface area contributed by atoms with Gasteiger partial charge in [0.05, 0.1) is 12.6 Å². The lowest BCUT2D eigenvalue weighted by Gasteiger charge is -2.24. The molecule has 0 fully saturated rings. The average Bonchev–Trinajstić information content (AvgIpc) is 2.45. The van der Waals surface area contributed by atoms with Gasteiger partial charge in [-0.3, -0.25) is 0 Å². The Morgan fingerprint density at radius 2 is 1.91 bits per heavy atom. The summed E-state index contributed by atoms with van der Waals surface area (Å²) in [5, 5.41) is 5.96. The van der Waals surface area contributed by atoms with Crippen molar-refractivity contribution in [2.24, 2.45) is 0 Å². The van der Waals surface area contributed by atoms with Crippen molar-refractivity contribution >= 4 is 23.5 Å². The smallest absolute Gasteiger partial charge is 0.408 e. The fourth-order valence-corrected chi connectivity index (χ4v) is 1.88. The van der Waals surface area contributed by atoms with Gasteiger partial charge in [0.2, 0.25) is 0 Å². The van der Waals surface area contributed by atoms with Crippen LogP contribution in [-0.2, 0) is 9.47 Å². The lowest BCUT2D eigenvalue weighted by Crippen LogP contribution is -2.35. The van der Waals surface area contributed by atoms with Crippen LogP contribution in [0.15, 0.2) is 30.3 Å². The molecule has 1 unspecified atom stereocenters. The number of carbonyl (C=O) groups is 1. The first-order chi connectivity index (χ1) is 10.3. The minimum Gasteiger partial charge on any atom is -0.471 e. The monoisotopic (exact) mass is 324 g/mol. The third-order valence-corrected chi connectivity index (χ3v) is 3.06. The third kappa shape index (κ3) is 7.26. The van der Waals surface area contributed by atoms with Crippen LogP contribution in [0.1, 0.15) is 38.8 Å². The van der Waals surface area contributed by atoms with Crippen molar-refractivity contribution < 1.29 is 14.3 Å². The van der Waals surface area contributed by atoms with Crippen LogP contribution in [0.3, 0.4) is 0 Å². The lowest BCUT2D eigenvalue weighted by atomic mass is 10.0. The van der Waals surface area contributed by atoms with Gasteiger partial charge in [-0.2, -0.15) is 0 Å². The van der Waals surface area contributed by atoms with Crippen LogP contribution in [0.25, 0.3) is 0 Å². The van der Waals surface area contributed by atoms with E-state index in [1.165, 1.54) is 0 Å². The topological polar surface area (TPSA) is 59.6 Å². The zero-order valence-electron chi connectivity index (χ0n) is 13.5. The summed E-state index contributed by atoms with van der Waals surface area (Å²) in [7, 11) is 1.70. The quantitative estimate of drug-likeness (QED) is 0.815. The van der Waals surface area contributed by atoms with Gasteiger partial charge in [-0.25, -0.2) is 4.79 Å². The first kappa shape index (κ1) is 18.2.